The van der Waals surface area contributed by atoms with Crippen LogP contribution in [0, 0.1) is 0 Å². The van der Waals surface area contributed by atoms with Crippen molar-refractivity contribution in [2.45, 2.75) is 19.1 Å². The summed E-state index contributed by atoms with van der Waals surface area (Å²) >= 11 is 0. The first-order valence-electron chi connectivity index (χ1n) is 5.33. The number of hydrogen-bond acceptors (Lipinski definition) is 4. The van der Waals surface area contributed by atoms with Crippen LogP contribution in [0.25, 0.3) is 0 Å². The molecule has 0 aromatic carbocycles. The lowest BCUT2D eigenvalue weighted by atomic mass is 10.2. The lowest BCUT2D eigenvalue weighted by Crippen LogP contribution is -2.55. The molecule has 1 aliphatic heterocycles. The monoisotopic (exact) mass is 224 g/mol. The lowest BCUT2D eigenvalue weighted by molar-refractivity contribution is 0.110. The summed E-state index contributed by atoms with van der Waals surface area (Å²) in [5, 5.41) is 3.26. The predicted molar refractivity (Wildman–Crippen MR) is 60.5 cm³/mol. The van der Waals surface area contributed by atoms with E-state index in [1.807, 2.05) is 11.9 Å². The van der Waals surface area contributed by atoms with E-state index in [-0.39, 0.29) is 17.4 Å². The Morgan fingerprint density at radius 2 is 2.19 bits per heavy atom. The molecule has 0 saturated carbocycles. The molecule has 1 aromatic heterocycles. The SMILES string of the molecule is CC1CN(C)C(n2c(=O)cc[nH]c2=O)CN1. The van der Waals surface area contributed by atoms with Gasteiger partial charge in [-0.05, 0) is 14.0 Å². The maximum absolute atomic E-state index is 11.7. The van der Waals surface area contributed by atoms with Crippen LogP contribution in [0.3, 0.4) is 0 Å². The van der Waals surface area contributed by atoms with Gasteiger partial charge in [0.05, 0.1) is 0 Å². The van der Waals surface area contributed by atoms with Crippen LogP contribution in [0.2, 0.25) is 0 Å². The Kier molecular flexibility index (Phi) is 2.93. The molecule has 1 fully saturated rings. The molecule has 0 spiro atoms. The smallest absolute Gasteiger partial charge is 0.314 e. The van der Waals surface area contributed by atoms with Crippen molar-refractivity contribution in [3.05, 3.63) is 33.1 Å². The normalized spacial score (nSPS) is 26.9. The number of piperazine rings is 1. The highest BCUT2D eigenvalue weighted by Gasteiger charge is 2.25. The molecule has 6 nitrogen and oxygen atoms in total. The first-order chi connectivity index (χ1) is 7.59. The summed E-state index contributed by atoms with van der Waals surface area (Å²) in [6.07, 6.45) is 1.16. The summed E-state index contributed by atoms with van der Waals surface area (Å²) in [6, 6.07) is 1.74. The van der Waals surface area contributed by atoms with E-state index >= 15 is 0 Å². The highest BCUT2D eigenvalue weighted by atomic mass is 16.2. The maximum atomic E-state index is 11.7. The van der Waals surface area contributed by atoms with Crippen molar-refractivity contribution in [2.75, 3.05) is 20.1 Å². The molecule has 2 heterocycles. The third-order valence-electron chi connectivity index (χ3n) is 2.91. The second-order valence-corrected chi connectivity index (χ2v) is 4.22. The van der Waals surface area contributed by atoms with E-state index in [0.717, 1.165) is 6.54 Å². The molecule has 0 aliphatic carbocycles. The van der Waals surface area contributed by atoms with Gasteiger partial charge < -0.3 is 10.3 Å². The van der Waals surface area contributed by atoms with Gasteiger partial charge in [-0.2, -0.15) is 0 Å². The molecule has 1 saturated heterocycles. The van der Waals surface area contributed by atoms with Crippen LogP contribution >= 0.6 is 0 Å². The summed E-state index contributed by atoms with van der Waals surface area (Å²) in [4.78, 5) is 27.8. The third-order valence-corrected chi connectivity index (χ3v) is 2.91. The van der Waals surface area contributed by atoms with E-state index in [9.17, 15) is 9.59 Å². The van der Waals surface area contributed by atoms with E-state index in [4.69, 9.17) is 0 Å². The Labute approximate surface area is 92.9 Å². The van der Waals surface area contributed by atoms with Crippen LogP contribution in [0.5, 0.6) is 0 Å². The van der Waals surface area contributed by atoms with Crippen molar-refractivity contribution in [2.24, 2.45) is 0 Å². The van der Waals surface area contributed by atoms with Gasteiger partial charge in [0.15, 0.2) is 0 Å². The van der Waals surface area contributed by atoms with Crippen LogP contribution < -0.4 is 16.6 Å². The van der Waals surface area contributed by atoms with E-state index in [0.29, 0.717) is 12.6 Å². The van der Waals surface area contributed by atoms with Gasteiger partial charge in [-0.15, -0.1) is 0 Å². The summed E-state index contributed by atoms with van der Waals surface area (Å²) in [7, 11) is 1.92. The molecule has 6 heteroatoms. The number of H-pyrrole nitrogens is 1. The quantitative estimate of drug-likeness (QED) is 0.639. The average Bonchev–Trinajstić information content (AvgIpc) is 2.20. The minimum atomic E-state index is -0.360. The zero-order valence-corrected chi connectivity index (χ0v) is 9.43. The van der Waals surface area contributed by atoms with E-state index in [1.54, 1.807) is 0 Å². The Hall–Kier alpha value is -1.40. The minimum absolute atomic E-state index is 0.214. The fourth-order valence-corrected chi connectivity index (χ4v) is 2.09. The summed E-state index contributed by atoms with van der Waals surface area (Å²) in [5.74, 6) is 0. The van der Waals surface area contributed by atoms with E-state index in [1.165, 1.54) is 16.8 Å². The third kappa shape index (κ3) is 1.94. The molecule has 2 N–H and O–H groups in total. The number of hydrogen-bond donors (Lipinski definition) is 2. The topological polar surface area (TPSA) is 70.1 Å². The highest BCUT2D eigenvalue weighted by molar-refractivity contribution is 4.89. The van der Waals surface area contributed by atoms with Gasteiger partial charge in [0.2, 0.25) is 0 Å². The number of aromatic amines is 1. The van der Waals surface area contributed by atoms with Crippen molar-refractivity contribution < 1.29 is 0 Å². The van der Waals surface area contributed by atoms with Gasteiger partial charge in [-0.25, -0.2) is 9.36 Å². The molecule has 1 aromatic rings. The van der Waals surface area contributed by atoms with Crippen molar-refractivity contribution in [3.8, 4) is 0 Å². The fraction of sp³-hybridized carbons (Fsp3) is 0.600. The molecule has 2 atom stereocenters. The van der Waals surface area contributed by atoms with Crippen LogP contribution in [0.4, 0.5) is 0 Å². The summed E-state index contributed by atoms with van der Waals surface area (Å²) in [5.41, 5.74) is -0.627. The van der Waals surface area contributed by atoms with Crippen LogP contribution in [0.1, 0.15) is 13.1 Å². The molecule has 2 unspecified atom stereocenters. The maximum Gasteiger partial charge on any atom is 0.329 e. The van der Waals surface area contributed by atoms with Crippen molar-refractivity contribution in [1.29, 1.82) is 0 Å². The van der Waals surface area contributed by atoms with Gasteiger partial charge in [0.25, 0.3) is 5.56 Å². The van der Waals surface area contributed by atoms with Gasteiger partial charge in [0, 0.05) is 31.4 Å². The number of aromatic nitrogens is 2. The number of likely N-dealkylation sites (N-methyl/N-ethyl adjacent to an activating group) is 1. The molecule has 1 aliphatic rings. The largest absolute Gasteiger partial charge is 0.329 e. The molecule has 0 bridgehead atoms. The van der Waals surface area contributed by atoms with Crippen LogP contribution in [0.15, 0.2) is 21.9 Å². The molecule has 0 amide bonds. The molecular formula is C10H16N4O2. The molecule has 16 heavy (non-hydrogen) atoms. The van der Waals surface area contributed by atoms with Crippen molar-refractivity contribution >= 4 is 0 Å². The zero-order valence-electron chi connectivity index (χ0n) is 9.43. The second-order valence-electron chi connectivity index (χ2n) is 4.22. The Bertz CT molecular complexity index is 450. The Balaban J connectivity index is 2.38. The first-order valence-corrected chi connectivity index (χ1v) is 5.33. The van der Waals surface area contributed by atoms with E-state index < -0.39 is 0 Å². The average molecular weight is 224 g/mol. The highest BCUT2D eigenvalue weighted by Crippen LogP contribution is 2.10. The molecule has 88 valence electrons. The number of nitrogens with one attached hydrogen (secondary N) is 2. The van der Waals surface area contributed by atoms with Gasteiger partial charge in [0.1, 0.15) is 6.17 Å². The summed E-state index contributed by atoms with van der Waals surface area (Å²) in [6.45, 7) is 3.49. The van der Waals surface area contributed by atoms with Gasteiger partial charge in [-0.1, -0.05) is 0 Å². The van der Waals surface area contributed by atoms with Gasteiger partial charge in [-0.3, -0.25) is 9.69 Å². The van der Waals surface area contributed by atoms with Gasteiger partial charge >= 0.3 is 5.69 Å². The number of nitrogens with zero attached hydrogens (tertiary/aromatic N) is 2. The summed E-state index contributed by atoms with van der Waals surface area (Å²) < 4.78 is 1.25. The standard InChI is InChI=1S/C10H16N4O2/c1-7-6-13(2)8(5-12-7)14-9(15)3-4-11-10(14)16/h3-4,7-8,12H,5-6H2,1-2H3,(H,11,16). The minimum Gasteiger partial charge on any atom is -0.314 e. The predicted octanol–water partition coefficient (Wildman–Crippen LogP) is -1.04. The molecular weight excluding hydrogens is 208 g/mol. The Morgan fingerprint density at radius 3 is 2.81 bits per heavy atom. The Morgan fingerprint density at radius 1 is 1.44 bits per heavy atom. The second kappa shape index (κ2) is 4.23. The first kappa shape index (κ1) is 11.1. The number of rotatable bonds is 1. The molecule has 2 rings (SSSR count). The van der Waals surface area contributed by atoms with Crippen LogP contribution in [-0.4, -0.2) is 40.6 Å². The molecule has 0 radical (unpaired) electrons. The lowest BCUT2D eigenvalue weighted by Gasteiger charge is -2.36. The fourth-order valence-electron chi connectivity index (χ4n) is 2.09. The van der Waals surface area contributed by atoms with Crippen molar-refractivity contribution in [3.63, 3.8) is 0 Å². The van der Waals surface area contributed by atoms with E-state index in [2.05, 4.69) is 17.2 Å². The van der Waals surface area contributed by atoms with Crippen molar-refractivity contribution in [1.82, 2.24) is 19.8 Å². The van der Waals surface area contributed by atoms with Crippen LogP contribution in [-0.2, 0) is 0 Å². The zero-order chi connectivity index (χ0) is 11.7.